The molecule has 1 aromatic rings. The predicted octanol–water partition coefficient (Wildman–Crippen LogP) is 4.26. The number of nitrogens with zero attached hydrogens (tertiary/aromatic N) is 2. The minimum Gasteiger partial charge on any atom is -0.444 e. The average Bonchev–Trinajstić information content (AvgIpc) is 3.25. The van der Waals surface area contributed by atoms with Gasteiger partial charge in [-0.3, -0.25) is 4.79 Å². The summed E-state index contributed by atoms with van der Waals surface area (Å²) in [6, 6.07) is 10.00. The summed E-state index contributed by atoms with van der Waals surface area (Å²) in [5.74, 6) is 0. The van der Waals surface area contributed by atoms with Crippen LogP contribution < -0.4 is 0 Å². The first-order valence-corrected chi connectivity index (χ1v) is 10.2. The summed E-state index contributed by atoms with van der Waals surface area (Å²) in [5.41, 5.74) is 0.777. The maximum Gasteiger partial charge on any atom is 0.410 e. The van der Waals surface area contributed by atoms with Gasteiger partial charge in [-0.2, -0.15) is 0 Å². The van der Waals surface area contributed by atoms with Crippen molar-refractivity contribution in [3.63, 3.8) is 0 Å². The van der Waals surface area contributed by atoms with E-state index in [9.17, 15) is 9.59 Å². The fourth-order valence-corrected chi connectivity index (χ4v) is 2.86. The molecular formula is C22H36N2O4. The molecule has 0 saturated carbocycles. The number of likely N-dealkylation sites (tertiary alicyclic amines) is 1. The summed E-state index contributed by atoms with van der Waals surface area (Å²) in [4.78, 5) is 25.5. The van der Waals surface area contributed by atoms with Gasteiger partial charge in [0.15, 0.2) is 0 Å². The highest BCUT2D eigenvalue weighted by atomic mass is 16.6. The van der Waals surface area contributed by atoms with Crippen LogP contribution in [-0.2, 0) is 14.3 Å². The molecule has 0 bridgehead atoms. The third-order valence-electron chi connectivity index (χ3n) is 4.18. The largest absolute Gasteiger partial charge is 0.444 e. The maximum absolute atomic E-state index is 11.4. The number of amides is 2. The molecule has 1 aromatic carbocycles. The van der Waals surface area contributed by atoms with Crippen LogP contribution in [0.15, 0.2) is 30.3 Å². The zero-order chi connectivity index (χ0) is 21.0. The number of rotatable bonds is 2. The number of hydrogen-bond donors (Lipinski definition) is 0. The second kappa shape index (κ2) is 12.4. The van der Waals surface area contributed by atoms with E-state index in [1.165, 1.54) is 0 Å². The Morgan fingerprint density at radius 1 is 1.11 bits per heavy atom. The van der Waals surface area contributed by atoms with E-state index >= 15 is 0 Å². The third kappa shape index (κ3) is 8.74. The topological polar surface area (TPSA) is 59.1 Å². The van der Waals surface area contributed by atoms with Crippen molar-refractivity contribution in [2.24, 2.45) is 0 Å². The van der Waals surface area contributed by atoms with Crippen molar-refractivity contribution in [1.82, 2.24) is 9.80 Å². The summed E-state index contributed by atoms with van der Waals surface area (Å²) >= 11 is 0. The molecule has 2 aliphatic rings. The lowest BCUT2D eigenvalue weighted by atomic mass is 10.1. The number of benzene rings is 1. The second-order valence-corrected chi connectivity index (χ2v) is 7.54. The number of morpholine rings is 1. The van der Waals surface area contributed by atoms with Crippen molar-refractivity contribution in [2.75, 3.05) is 32.8 Å². The van der Waals surface area contributed by atoms with E-state index in [0.29, 0.717) is 19.7 Å². The lowest BCUT2D eigenvalue weighted by Gasteiger charge is -2.30. The smallest absolute Gasteiger partial charge is 0.410 e. The fraction of sp³-hybridized carbons (Fsp3) is 0.636. The van der Waals surface area contributed by atoms with Gasteiger partial charge in [0.25, 0.3) is 0 Å². The molecular weight excluding hydrogens is 356 g/mol. The average molecular weight is 393 g/mol. The first kappa shape index (κ1) is 24.0. The van der Waals surface area contributed by atoms with E-state index in [0.717, 1.165) is 37.9 Å². The van der Waals surface area contributed by atoms with Gasteiger partial charge in [0.2, 0.25) is 6.41 Å². The van der Waals surface area contributed by atoms with Gasteiger partial charge in [0, 0.05) is 19.6 Å². The molecule has 2 amide bonds. The van der Waals surface area contributed by atoms with Gasteiger partial charge in [0.1, 0.15) is 11.7 Å². The molecule has 2 fully saturated rings. The minimum absolute atomic E-state index is 0.0372. The Balaban J connectivity index is 0.000000260. The van der Waals surface area contributed by atoms with E-state index in [4.69, 9.17) is 9.47 Å². The Morgan fingerprint density at radius 3 is 2.25 bits per heavy atom. The zero-order valence-electron chi connectivity index (χ0n) is 18.0. The molecule has 6 nitrogen and oxygen atoms in total. The van der Waals surface area contributed by atoms with Gasteiger partial charge in [-0.15, -0.1) is 0 Å². The highest BCUT2D eigenvalue weighted by molar-refractivity contribution is 5.68. The minimum atomic E-state index is -0.361. The molecule has 2 heterocycles. The van der Waals surface area contributed by atoms with E-state index < -0.39 is 0 Å². The Bertz CT molecular complexity index is 566. The normalized spacial score (nSPS) is 19.0. The molecule has 6 heteroatoms. The van der Waals surface area contributed by atoms with Crippen LogP contribution in [0.25, 0.3) is 0 Å². The third-order valence-corrected chi connectivity index (χ3v) is 4.18. The summed E-state index contributed by atoms with van der Waals surface area (Å²) in [6.45, 7) is 13.4. The molecule has 1 atom stereocenters. The SMILES string of the molecule is CC.CC(C)(C)OC(=O)N1CCCC1.O=CN1CCOC(c2ccccc2)C1. The summed E-state index contributed by atoms with van der Waals surface area (Å²) < 4.78 is 10.8. The van der Waals surface area contributed by atoms with Crippen molar-refractivity contribution >= 4 is 12.5 Å². The van der Waals surface area contributed by atoms with Crippen molar-refractivity contribution < 1.29 is 19.1 Å². The van der Waals surface area contributed by atoms with Gasteiger partial charge < -0.3 is 19.3 Å². The Morgan fingerprint density at radius 2 is 1.71 bits per heavy atom. The molecule has 2 saturated heterocycles. The molecule has 0 N–H and O–H groups in total. The standard InChI is InChI=1S/C11H13NO2.C9H17NO2.C2H6/c13-9-12-6-7-14-11(8-12)10-4-2-1-3-5-10;1-9(2,3)12-8(11)10-6-4-5-7-10;1-2/h1-5,9,11H,6-8H2;4-7H2,1-3H3;1-2H3. The van der Waals surface area contributed by atoms with Gasteiger partial charge in [-0.1, -0.05) is 44.2 Å². The first-order valence-electron chi connectivity index (χ1n) is 10.2. The van der Waals surface area contributed by atoms with E-state index in [1.54, 1.807) is 9.80 Å². The van der Waals surface area contributed by atoms with Crippen molar-refractivity contribution in [3.05, 3.63) is 35.9 Å². The Labute approximate surface area is 169 Å². The van der Waals surface area contributed by atoms with Gasteiger partial charge >= 0.3 is 6.09 Å². The van der Waals surface area contributed by atoms with Crippen LogP contribution in [0.3, 0.4) is 0 Å². The maximum atomic E-state index is 11.4. The number of hydrogen-bond acceptors (Lipinski definition) is 4. The van der Waals surface area contributed by atoms with Crippen LogP contribution in [0.4, 0.5) is 4.79 Å². The number of ether oxygens (including phenoxy) is 2. The molecule has 0 aliphatic carbocycles. The lowest BCUT2D eigenvalue weighted by Crippen LogP contribution is -2.37. The molecule has 2 aliphatic heterocycles. The van der Waals surface area contributed by atoms with Gasteiger partial charge in [-0.05, 0) is 39.2 Å². The Hall–Kier alpha value is -2.08. The van der Waals surface area contributed by atoms with Crippen molar-refractivity contribution in [1.29, 1.82) is 0 Å². The molecule has 0 spiro atoms. The van der Waals surface area contributed by atoms with Crippen LogP contribution in [-0.4, -0.2) is 60.7 Å². The molecule has 0 aromatic heterocycles. The molecule has 1 unspecified atom stereocenters. The second-order valence-electron chi connectivity index (χ2n) is 7.54. The molecule has 158 valence electrons. The number of carbonyl (C=O) groups is 2. The molecule has 28 heavy (non-hydrogen) atoms. The van der Waals surface area contributed by atoms with Crippen LogP contribution in [0.1, 0.15) is 59.1 Å². The quantitative estimate of drug-likeness (QED) is 0.706. The van der Waals surface area contributed by atoms with Gasteiger partial charge in [-0.25, -0.2) is 4.79 Å². The summed E-state index contributed by atoms with van der Waals surface area (Å²) in [7, 11) is 0. The van der Waals surface area contributed by atoms with E-state index in [2.05, 4.69) is 0 Å². The number of carbonyl (C=O) groups excluding carboxylic acids is 2. The van der Waals surface area contributed by atoms with Crippen LogP contribution in [0.2, 0.25) is 0 Å². The van der Waals surface area contributed by atoms with Crippen LogP contribution in [0, 0.1) is 0 Å². The summed E-state index contributed by atoms with van der Waals surface area (Å²) in [5, 5.41) is 0. The van der Waals surface area contributed by atoms with Crippen molar-refractivity contribution in [2.45, 2.75) is 59.2 Å². The van der Waals surface area contributed by atoms with E-state index in [1.807, 2.05) is 65.0 Å². The Kier molecular flexibility index (Phi) is 10.6. The molecule has 3 rings (SSSR count). The fourth-order valence-electron chi connectivity index (χ4n) is 2.86. The monoisotopic (exact) mass is 392 g/mol. The highest BCUT2D eigenvalue weighted by Crippen LogP contribution is 2.20. The predicted molar refractivity (Wildman–Crippen MR) is 111 cm³/mol. The van der Waals surface area contributed by atoms with E-state index in [-0.39, 0.29) is 17.8 Å². The highest BCUT2D eigenvalue weighted by Gasteiger charge is 2.24. The van der Waals surface area contributed by atoms with Crippen molar-refractivity contribution in [3.8, 4) is 0 Å². The first-order chi connectivity index (χ1) is 13.4. The molecule has 0 radical (unpaired) electrons. The lowest BCUT2D eigenvalue weighted by molar-refractivity contribution is -0.125. The zero-order valence-corrected chi connectivity index (χ0v) is 18.0. The van der Waals surface area contributed by atoms with Crippen LogP contribution in [0.5, 0.6) is 0 Å². The summed E-state index contributed by atoms with van der Waals surface area (Å²) in [6.07, 6.45) is 2.98. The van der Waals surface area contributed by atoms with Gasteiger partial charge in [0.05, 0.1) is 13.2 Å². The van der Waals surface area contributed by atoms with Crippen LogP contribution >= 0.6 is 0 Å².